The second kappa shape index (κ2) is 4.33. The van der Waals surface area contributed by atoms with Crippen molar-refractivity contribution >= 4 is 11.6 Å². The molecule has 3 aromatic heterocycles. The van der Waals surface area contributed by atoms with Gasteiger partial charge in [0.2, 0.25) is 0 Å². The van der Waals surface area contributed by atoms with Crippen LogP contribution in [-0.4, -0.2) is 54.0 Å². The molecule has 1 amide bonds. The van der Waals surface area contributed by atoms with E-state index in [9.17, 15) is 13.6 Å². The highest BCUT2D eigenvalue weighted by molar-refractivity contribution is 5.94. The van der Waals surface area contributed by atoms with Crippen molar-refractivity contribution in [1.29, 1.82) is 0 Å². The average Bonchev–Trinajstić information content (AvgIpc) is 3.12. The molecular weight excluding hydrogens is 294 g/mol. The van der Waals surface area contributed by atoms with E-state index >= 15 is 0 Å². The fraction of sp³-hybridized carbons (Fsp3) is 0.231. The number of carbonyl (C=O) groups excluding carboxylic acids is 1. The highest BCUT2D eigenvalue weighted by atomic mass is 19.3. The fourth-order valence-electron chi connectivity index (χ4n) is 2.48. The fourth-order valence-corrected chi connectivity index (χ4v) is 2.48. The highest BCUT2D eigenvalue weighted by Crippen LogP contribution is 2.28. The zero-order valence-electron chi connectivity index (χ0n) is 11.2. The van der Waals surface area contributed by atoms with Gasteiger partial charge in [-0.05, 0) is 12.1 Å². The van der Waals surface area contributed by atoms with Gasteiger partial charge in [0.25, 0.3) is 11.8 Å². The normalized spacial score (nSPS) is 16.7. The second-order valence-corrected chi connectivity index (χ2v) is 5.09. The maximum atomic E-state index is 12.9. The Morgan fingerprint density at radius 3 is 2.82 bits per heavy atom. The Morgan fingerprint density at radius 1 is 1.32 bits per heavy atom. The number of alkyl halides is 2. The summed E-state index contributed by atoms with van der Waals surface area (Å²) in [7, 11) is 0. The van der Waals surface area contributed by atoms with Gasteiger partial charge in [0.1, 0.15) is 24.0 Å². The molecule has 1 aliphatic heterocycles. The van der Waals surface area contributed by atoms with Crippen molar-refractivity contribution in [3.05, 3.63) is 42.9 Å². The van der Waals surface area contributed by atoms with Crippen LogP contribution in [0.2, 0.25) is 0 Å². The topological polar surface area (TPSA) is 68.3 Å². The van der Waals surface area contributed by atoms with Gasteiger partial charge in [-0.3, -0.25) is 9.20 Å². The van der Waals surface area contributed by atoms with Crippen LogP contribution in [0.25, 0.3) is 11.3 Å². The maximum absolute atomic E-state index is 12.9. The summed E-state index contributed by atoms with van der Waals surface area (Å²) < 4.78 is 28.9. The van der Waals surface area contributed by atoms with E-state index in [0.717, 1.165) is 4.90 Å². The molecule has 4 heterocycles. The third kappa shape index (κ3) is 1.85. The number of carbonyl (C=O) groups is 1. The van der Waals surface area contributed by atoms with Crippen LogP contribution in [0.1, 0.15) is 10.5 Å². The van der Waals surface area contributed by atoms with Gasteiger partial charge in [-0.2, -0.15) is 5.10 Å². The average molecular weight is 304 g/mol. The number of imidazole rings is 1. The molecule has 1 fully saturated rings. The Balaban J connectivity index is 1.75. The molecule has 0 bridgehead atoms. The maximum Gasteiger partial charge on any atom is 0.282 e. The Morgan fingerprint density at radius 2 is 2.14 bits per heavy atom. The van der Waals surface area contributed by atoms with Crippen molar-refractivity contribution in [2.45, 2.75) is 5.92 Å². The van der Waals surface area contributed by atoms with Gasteiger partial charge in [0.15, 0.2) is 5.65 Å². The lowest BCUT2D eigenvalue weighted by Crippen LogP contribution is -2.58. The van der Waals surface area contributed by atoms with Crippen molar-refractivity contribution in [2.24, 2.45) is 0 Å². The summed E-state index contributed by atoms with van der Waals surface area (Å²) in [4.78, 5) is 21.5. The predicted octanol–water partition coefficient (Wildman–Crippen LogP) is 1.01. The number of aromatic nitrogens is 5. The lowest BCUT2D eigenvalue weighted by Gasteiger charge is -2.38. The summed E-state index contributed by atoms with van der Waals surface area (Å²) in [5, 5.41) is 4.03. The quantitative estimate of drug-likeness (QED) is 0.708. The Labute approximate surface area is 122 Å². The zero-order chi connectivity index (χ0) is 15.3. The zero-order valence-corrected chi connectivity index (χ0v) is 11.2. The van der Waals surface area contributed by atoms with Crippen LogP contribution < -0.4 is 0 Å². The summed E-state index contributed by atoms with van der Waals surface area (Å²) in [5.41, 5.74) is 1.39. The predicted molar refractivity (Wildman–Crippen MR) is 71.0 cm³/mol. The molecule has 0 N–H and O–H groups in total. The molecule has 112 valence electrons. The van der Waals surface area contributed by atoms with Crippen LogP contribution >= 0.6 is 0 Å². The molecule has 0 atom stereocenters. The van der Waals surface area contributed by atoms with E-state index in [1.165, 1.54) is 23.5 Å². The molecule has 3 aromatic rings. The number of rotatable bonds is 2. The number of likely N-dealkylation sites (tertiary alicyclic amines) is 1. The van der Waals surface area contributed by atoms with Crippen LogP contribution in [-0.2, 0) is 0 Å². The van der Waals surface area contributed by atoms with Crippen molar-refractivity contribution < 1.29 is 13.6 Å². The third-order valence-corrected chi connectivity index (χ3v) is 3.53. The summed E-state index contributed by atoms with van der Waals surface area (Å²) in [6.07, 6.45) is 5.95. The lowest BCUT2D eigenvalue weighted by atomic mass is 10.1. The molecule has 9 heteroatoms. The number of amides is 1. The van der Waals surface area contributed by atoms with E-state index < -0.39 is 24.9 Å². The largest absolute Gasteiger partial charge is 0.325 e. The van der Waals surface area contributed by atoms with Gasteiger partial charge in [-0.15, -0.1) is 0 Å². The minimum Gasteiger partial charge on any atom is -0.325 e. The van der Waals surface area contributed by atoms with E-state index in [4.69, 9.17) is 0 Å². The number of pyridine rings is 1. The summed E-state index contributed by atoms with van der Waals surface area (Å²) in [6.45, 7) is -1.11. The number of halogens is 2. The van der Waals surface area contributed by atoms with E-state index in [1.807, 2.05) is 0 Å². The standard InChI is InChI=1S/C13H10F2N6O/c14-13(15)5-19(6-13)12(22)10-4-17-11-9(2-1-3-20(10)11)21-8-16-7-18-21/h1-4,7-8H,5-6H2. The van der Waals surface area contributed by atoms with Crippen LogP contribution in [0.3, 0.4) is 0 Å². The second-order valence-electron chi connectivity index (χ2n) is 5.09. The molecule has 0 aromatic carbocycles. The number of hydrogen-bond donors (Lipinski definition) is 0. The molecule has 0 aliphatic carbocycles. The first-order valence-corrected chi connectivity index (χ1v) is 6.53. The first-order chi connectivity index (χ1) is 10.6. The molecule has 0 radical (unpaired) electrons. The van der Waals surface area contributed by atoms with Gasteiger partial charge in [0, 0.05) is 6.20 Å². The Hall–Kier alpha value is -2.84. The van der Waals surface area contributed by atoms with E-state index in [0.29, 0.717) is 11.3 Å². The van der Waals surface area contributed by atoms with Gasteiger partial charge < -0.3 is 4.90 Å². The molecule has 1 aliphatic rings. The van der Waals surface area contributed by atoms with Crippen molar-refractivity contribution in [3.63, 3.8) is 0 Å². The summed E-state index contributed by atoms with van der Waals surface area (Å²) in [5.74, 6) is -3.25. The van der Waals surface area contributed by atoms with Crippen molar-refractivity contribution in [3.8, 4) is 5.69 Å². The Bertz CT molecular complexity index is 849. The third-order valence-electron chi connectivity index (χ3n) is 3.53. The molecule has 0 unspecified atom stereocenters. The molecule has 1 saturated heterocycles. The van der Waals surface area contributed by atoms with Crippen LogP contribution in [0.15, 0.2) is 37.2 Å². The Kier molecular flexibility index (Phi) is 2.53. The number of nitrogens with zero attached hydrogens (tertiary/aromatic N) is 6. The minimum atomic E-state index is -2.79. The first-order valence-electron chi connectivity index (χ1n) is 6.53. The molecule has 22 heavy (non-hydrogen) atoms. The van der Waals surface area contributed by atoms with E-state index in [-0.39, 0.29) is 5.69 Å². The monoisotopic (exact) mass is 304 g/mol. The smallest absolute Gasteiger partial charge is 0.282 e. The lowest BCUT2D eigenvalue weighted by molar-refractivity contribution is -0.113. The number of hydrogen-bond acceptors (Lipinski definition) is 4. The SMILES string of the molecule is O=C(c1cnc2c(-n3cncn3)cccn12)N1CC(F)(F)C1. The minimum absolute atomic E-state index is 0.243. The van der Waals surface area contributed by atoms with Gasteiger partial charge >= 0.3 is 0 Å². The van der Waals surface area contributed by atoms with Crippen molar-refractivity contribution in [2.75, 3.05) is 13.1 Å². The van der Waals surface area contributed by atoms with Crippen molar-refractivity contribution in [1.82, 2.24) is 29.0 Å². The number of fused-ring (bicyclic) bond motifs is 1. The molecular formula is C13H10F2N6O. The van der Waals surface area contributed by atoms with E-state index in [2.05, 4.69) is 15.1 Å². The summed E-state index contributed by atoms with van der Waals surface area (Å²) in [6, 6.07) is 3.51. The molecule has 0 spiro atoms. The van der Waals surface area contributed by atoms with Gasteiger partial charge in [-0.25, -0.2) is 23.4 Å². The van der Waals surface area contributed by atoms with Crippen LogP contribution in [0.5, 0.6) is 0 Å². The first kappa shape index (κ1) is 12.9. The molecule has 4 rings (SSSR count). The summed E-state index contributed by atoms with van der Waals surface area (Å²) >= 11 is 0. The molecule has 0 saturated carbocycles. The van der Waals surface area contributed by atoms with Crippen LogP contribution in [0.4, 0.5) is 8.78 Å². The molecule has 7 nitrogen and oxygen atoms in total. The van der Waals surface area contributed by atoms with Gasteiger partial charge in [-0.1, -0.05) is 0 Å². The van der Waals surface area contributed by atoms with E-state index in [1.54, 1.807) is 22.7 Å². The van der Waals surface area contributed by atoms with Crippen LogP contribution in [0, 0.1) is 0 Å². The van der Waals surface area contributed by atoms with Gasteiger partial charge in [0.05, 0.1) is 19.3 Å². The highest BCUT2D eigenvalue weighted by Gasteiger charge is 2.46.